The Morgan fingerprint density at radius 2 is 1.92 bits per heavy atom. The van der Waals surface area contributed by atoms with Gasteiger partial charge in [-0.2, -0.15) is 0 Å². The first-order chi connectivity index (χ1) is 6.27. The number of nitrogens with zero attached hydrogens (tertiary/aromatic N) is 1. The lowest BCUT2D eigenvalue weighted by atomic mass is 9.98. The van der Waals surface area contributed by atoms with Crippen LogP contribution in [0, 0.1) is 0 Å². The molecular weight excluding hydrogens is 158 g/mol. The van der Waals surface area contributed by atoms with Crippen molar-refractivity contribution in [3.05, 3.63) is 35.4 Å². The molecule has 0 radical (unpaired) electrons. The molecule has 1 nitrogen and oxygen atoms in total. The highest BCUT2D eigenvalue weighted by Gasteiger charge is 2.00. The predicted octanol–water partition coefficient (Wildman–Crippen LogP) is 3.25. The van der Waals surface area contributed by atoms with E-state index >= 15 is 0 Å². The molecule has 0 aliphatic carbocycles. The minimum Gasteiger partial charge on any atom is -0.296 e. The number of hydrogen-bond donors (Lipinski definition) is 0. The van der Waals surface area contributed by atoms with Crippen molar-refractivity contribution in [1.82, 2.24) is 0 Å². The van der Waals surface area contributed by atoms with Crippen molar-refractivity contribution in [2.75, 3.05) is 7.05 Å². The van der Waals surface area contributed by atoms with Crippen molar-refractivity contribution in [3.8, 4) is 0 Å². The van der Waals surface area contributed by atoms with Crippen LogP contribution in [0.3, 0.4) is 0 Å². The third-order valence-electron chi connectivity index (χ3n) is 2.40. The lowest BCUT2D eigenvalue weighted by Gasteiger charge is -2.08. The van der Waals surface area contributed by atoms with Crippen molar-refractivity contribution < 1.29 is 0 Å². The SMILES string of the molecule is CCC(C)c1ccc(C=NC)cc1. The Morgan fingerprint density at radius 1 is 1.31 bits per heavy atom. The summed E-state index contributed by atoms with van der Waals surface area (Å²) >= 11 is 0. The summed E-state index contributed by atoms with van der Waals surface area (Å²) < 4.78 is 0. The summed E-state index contributed by atoms with van der Waals surface area (Å²) in [5, 5.41) is 0. The Kier molecular flexibility index (Phi) is 3.69. The van der Waals surface area contributed by atoms with Crippen LogP contribution in [0.25, 0.3) is 0 Å². The fraction of sp³-hybridized carbons (Fsp3) is 0.417. The van der Waals surface area contributed by atoms with Gasteiger partial charge in [-0.1, -0.05) is 38.1 Å². The minimum atomic E-state index is 0.660. The number of rotatable bonds is 3. The fourth-order valence-corrected chi connectivity index (χ4v) is 1.30. The molecule has 0 heterocycles. The summed E-state index contributed by atoms with van der Waals surface area (Å²) in [7, 11) is 1.79. The largest absolute Gasteiger partial charge is 0.296 e. The van der Waals surface area contributed by atoms with E-state index in [1.54, 1.807) is 7.05 Å². The molecule has 0 aliphatic rings. The van der Waals surface area contributed by atoms with E-state index in [1.165, 1.54) is 17.5 Å². The third-order valence-corrected chi connectivity index (χ3v) is 2.40. The molecule has 0 aliphatic heterocycles. The predicted molar refractivity (Wildman–Crippen MR) is 58.7 cm³/mol. The highest BCUT2D eigenvalue weighted by molar-refractivity contribution is 5.79. The molecule has 1 unspecified atom stereocenters. The van der Waals surface area contributed by atoms with Crippen LogP contribution in [0.4, 0.5) is 0 Å². The molecule has 0 spiro atoms. The maximum absolute atomic E-state index is 3.98. The summed E-state index contributed by atoms with van der Waals surface area (Å²) in [6.07, 6.45) is 3.07. The van der Waals surface area contributed by atoms with Gasteiger partial charge in [0.25, 0.3) is 0 Å². The molecule has 13 heavy (non-hydrogen) atoms. The van der Waals surface area contributed by atoms with Gasteiger partial charge in [0, 0.05) is 13.3 Å². The molecule has 0 N–H and O–H groups in total. The van der Waals surface area contributed by atoms with E-state index in [1.807, 2.05) is 6.21 Å². The molecule has 1 rings (SSSR count). The zero-order valence-corrected chi connectivity index (χ0v) is 8.62. The Hall–Kier alpha value is -1.11. The highest BCUT2D eigenvalue weighted by atomic mass is 14.6. The quantitative estimate of drug-likeness (QED) is 0.625. The van der Waals surface area contributed by atoms with E-state index in [9.17, 15) is 0 Å². The summed E-state index contributed by atoms with van der Waals surface area (Å²) in [5.74, 6) is 0.660. The first kappa shape index (κ1) is 9.97. The molecule has 0 fully saturated rings. The molecule has 0 aromatic heterocycles. The number of aliphatic imine (C=N–C) groups is 1. The monoisotopic (exact) mass is 175 g/mol. The fourth-order valence-electron chi connectivity index (χ4n) is 1.30. The van der Waals surface area contributed by atoms with Gasteiger partial charge in [-0.15, -0.1) is 0 Å². The Balaban J connectivity index is 2.80. The normalized spacial score (nSPS) is 13.5. The van der Waals surface area contributed by atoms with E-state index in [0.29, 0.717) is 5.92 Å². The molecule has 1 heteroatoms. The van der Waals surface area contributed by atoms with Crippen LogP contribution in [0.2, 0.25) is 0 Å². The Bertz CT molecular complexity index is 272. The molecule has 1 aromatic carbocycles. The van der Waals surface area contributed by atoms with Crippen molar-refractivity contribution in [3.63, 3.8) is 0 Å². The summed E-state index contributed by atoms with van der Waals surface area (Å²) in [5.41, 5.74) is 2.59. The maximum Gasteiger partial charge on any atom is 0.0281 e. The summed E-state index contributed by atoms with van der Waals surface area (Å²) in [4.78, 5) is 3.98. The van der Waals surface area contributed by atoms with E-state index in [-0.39, 0.29) is 0 Å². The topological polar surface area (TPSA) is 12.4 Å². The zero-order valence-electron chi connectivity index (χ0n) is 8.62. The van der Waals surface area contributed by atoms with Crippen molar-refractivity contribution in [2.45, 2.75) is 26.2 Å². The zero-order chi connectivity index (χ0) is 9.68. The van der Waals surface area contributed by atoms with Gasteiger partial charge in [0.2, 0.25) is 0 Å². The van der Waals surface area contributed by atoms with Crippen molar-refractivity contribution >= 4 is 6.21 Å². The van der Waals surface area contributed by atoms with Gasteiger partial charge in [0.05, 0.1) is 0 Å². The van der Waals surface area contributed by atoms with Crippen LogP contribution in [-0.4, -0.2) is 13.3 Å². The van der Waals surface area contributed by atoms with Gasteiger partial charge >= 0.3 is 0 Å². The lowest BCUT2D eigenvalue weighted by molar-refractivity contribution is 0.733. The molecule has 1 aromatic rings. The van der Waals surface area contributed by atoms with Gasteiger partial charge in [-0.05, 0) is 23.5 Å². The van der Waals surface area contributed by atoms with E-state index < -0.39 is 0 Å². The Labute approximate surface area is 80.5 Å². The van der Waals surface area contributed by atoms with Gasteiger partial charge in [-0.3, -0.25) is 4.99 Å². The second-order valence-electron chi connectivity index (χ2n) is 3.36. The second-order valence-corrected chi connectivity index (χ2v) is 3.36. The van der Waals surface area contributed by atoms with Gasteiger partial charge in [-0.25, -0.2) is 0 Å². The maximum atomic E-state index is 3.98. The average Bonchev–Trinajstić information content (AvgIpc) is 2.18. The third kappa shape index (κ3) is 2.69. The van der Waals surface area contributed by atoms with Crippen LogP contribution in [-0.2, 0) is 0 Å². The van der Waals surface area contributed by atoms with E-state index in [4.69, 9.17) is 0 Å². The van der Waals surface area contributed by atoms with Gasteiger partial charge in [0.1, 0.15) is 0 Å². The minimum absolute atomic E-state index is 0.660. The Morgan fingerprint density at radius 3 is 2.38 bits per heavy atom. The molecule has 0 saturated carbocycles. The first-order valence-electron chi connectivity index (χ1n) is 4.80. The van der Waals surface area contributed by atoms with Crippen LogP contribution in [0.15, 0.2) is 29.3 Å². The van der Waals surface area contributed by atoms with E-state index in [2.05, 4.69) is 43.1 Å². The van der Waals surface area contributed by atoms with Crippen molar-refractivity contribution in [2.24, 2.45) is 4.99 Å². The van der Waals surface area contributed by atoms with E-state index in [0.717, 1.165) is 0 Å². The molecular formula is C12H17N. The highest BCUT2D eigenvalue weighted by Crippen LogP contribution is 2.18. The molecule has 0 bridgehead atoms. The molecule has 70 valence electrons. The lowest BCUT2D eigenvalue weighted by Crippen LogP contribution is -1.91. The van der Waals surface area contributed by atoms with Crippen molar-refractivity contribution in [1.29, 1.82) is 0 Å². The average molecular weight is 175 g/mol. The second kappa shape index (κ2) is 4.80. The van der Waals surface area contributed by atoms with Crippen LogP contribution in [0.1, 0.15) is 37.3 Å². The standard InChI is InChI=1S/C12H17N/c1-4-10(2)12-7-5-11(6-8-12)9-13-3/h5-10H,4H2,1-3H3. The summed E-state index contributed by atoms with van der Waals surface area (Å²) in [6.45, 7) is 4.47. The van der Waals surface area contributed by atoms with Crippen LogP contribution >= 0.6 is 0 Å². The van der Waals surface area contributed by atoms with Gasteiger partial charge < -0.3 is 0 Å². The van der Waals surface area contributed by atoms with Gasteiger partial charge in [0.15, 0.2) is 0 Å². The number of hydrogen-bond acceptors (Lipinski definition) is 1. The first-order valence-corrected chi connectivity index (χ1v) is 4.80. The summed E-state index contributed by atoms with van der Waals surface area (Å²) in [6, 6.07) is 8.61. The van der Waals surface area contributed by atoms with Crippen LogP contribution < -0.4 is 0 Å². The number of benzene rings is 1. The molecule has 1 atom stereocenters. The van der Waals surface area contributed by atoms with Crippen LogP contribution in [0.5, 0.6) is 0 Å². The smallest absolute Gasteiger partial charge is 0.0281 e. The molecule has 0 saturated heterocycles. The molecule has 0 amide bonds.